The highest BCUT2D eigenvalue weighted by atomic mass is 127. The third kappa shape index (κ3) is 7.71. The Hall–Kier alpha value is -1.45. The van der Waals surface area contributed by atoms with E-state index in [1.165, 1.54) is 0 Å². The van der Waals surface area contributed by atoms with Gasteiger partial charge in [0.15, 0.2) is 5.96 Å². The van der Waals surface area contributed by atoms with Crippen molar-refractivity contribution in [1.82, 2.24) is 20.5 Å². The molecule has 1 amide bonds. The number of aliphatic imine (C=N–C) groups is 1. The quantitative estimate of drug-likeness (QED) is 0.259. The third-order valence-electron chi connectivity index (χ3n) is 4.14. The summed E-state index contributed by atoms with van der Waals surface area (Å²) in [5.74, 6) is 0.618. The third-order valence-corrected chi connectivity index (χ3v) is 4.98. The Bertz CT molecular complexity index is 838. The molecule has 0 radical (unpaired) electrons. The monoisotopic (exact) mass is 551 g/mol. The highest BCUT2D eigenvalue weighted by Crippen LogP contribution is 2.24. The van der Waals surface area contributed by atoms with Crippen LogP contribution in [-0.4, -0.2) is 29.5 Å². The molecule has 6 nitrogen and oxygen atoms in total. The normalized spacial score (nSPS) is 11.0. The van der Waals surface area contributed by atoms with Gasteiger partial charge in [-0.1, -0.05) is 42.3 Å². The lowest BCUT2D eigenvalue weighted by atomic mass is 10.1. The second kappa shape index (κ2) is 13.0. The summed E-state index contributed by atoms with van der Waals surface area (Å²) in [6.45, 7) is 6.43. The van der Waals surface area contributed by atoms with E-state index >= 15 is 0 Å². The number of nitrogens with zero attached hydrogens (tertiary/aromatic N) is 2. The molecule has 0 saturated heterocycles. The van der Waals surface area contributed by atoms with E-state index in [1.807, 2.05) is 55.8 Å². The van der Waals surface area contributed by atoms with Gasteiger partial charge in [0.25, 0.3) is 5.91 Å². The molecule has 29 heavy (non-hydrogen) atoms. The van der Waals surface area contributed by atoms with Gasteiger partial charge in [-0.15, -0.1) is 24.0 Å². The van der Waals surface area contributed by atoms with E-state index in [4.69, 9.17) is 23.2 Å². The molecule has 0 bridgehead atoms. The minimum atomic E-state index is -0.0600. The van der Waals surface area contributed by atoms with E-state index in [1.54, 1.807) is 0 Å². The summed E-state index contributed by atoms with van der Waals surface area (Å²) in [6, 6.07) is 9.35. The molecule has 0 fully saturated rings. The molecule has 0 saturated carbocycles. The molecule has 9 heteroatoms. The molecular weight excluding hydrogens is 524 g/mol. The molecule has 1 heterocycles. The molecule has 0 aliphatic rings. The summed E-state index contributed by atoms with van der Waals surface area (Å²) >= 11 is 12.2. The lowest BCUT2D eigenvalue weighted by Gasteiger charge is -2.12. The lowest BCUT2D eigenvalue weighted by Crippen LogP contribution is -2.37. The van der Waals surface area contributed by atoms with Crippen molar-refractivity contribution in [3.63, 3.8) is 0 Å². The van der Waals surface area contributed by atoms with Gasteiger partial charge in [-0.05, 0) is 37.1 Å². The summed E-state index contributed by atoms with van der Waals surface area (Å²) in [7, 11) is 1.87. The number of guanidine groups is 1. The fraction of sp³-hybridized carbons (Fsp3) is 0.400. The van der Waals surface area contributed by atoms with Crippen molar-refractivity contribution in [2.75, 3.05) is 13.1 Å². The Balaban J connectivity index is 0.00000420. The van der Waals surface area contributed by atoms with Crippen LogP contribution in [0.1, 0.15) is 41.9 Å². The first-order valence-corrected chi connectivity index (χ1v) is 10.1. The molecule has 1 aromatic heterocycles. The van der Waals surface area contributed by atoms with Crippen LogP contribution in [0.3, 0.4) is 0 Å². The maximum Gasteiger partial charge on any atom is 0.251 e. The van der Waals surface area contributed by atoms with Crippen LogP contribution in [0.5, 0.6) is 0 Å². The van der Waals surface area contributed by atoms with E-state index in [0.717, 1.165) is 24.2 Å². The number of rotatable bonds is 8. The second-order valence-corrected chi connectivity index (χ2v) is 7.10. The highest BCUT2D eigenvalue weighted by molar-refractivity contribution is 14.0. The van der Waals surface area contributed by atoms with E-state index in [-0.39, 0.29) is 29.9 Å². The van der Waals surface area contributed by atoms with E-state index in [2.05, 4.69) is 20.9 Å². The molecule has 0 aliphatic heterocycles. The van der Waals surface area contributed by atoms with Crippen LogP contribution < -0.4 is 16.0 Å². The number of benzene rings is 1. The molecule has 0 aliphatic carbocycles. The minimum Gasteiger partial charge on any atom is -0.357 e. The van der Waals surface area contributed by atoms with Crippen LogP contribution in [0.2, 0.25) is 10.2 Å². The van der Waals surface area contributed by atoms with Gasteiger partial charge < -0.3 is 20.5 Å². The van der Waals surface area contributed by atoms with Gasteiger partial charge >= 0.3 is 0 Å². The lowest BCUT2D eigenvalue weighted by molar-refractivity contribution is 0.0953. The van der Waals surface area contributed by atoms with E-state index in [0.29, 0.717) is 41.3 Å². The first-order valence-electron chi connectivity index (χ1n) is 9.35. The summed E-state index contributed by atoms with van der Waals surface area (Å²) in [5, 5.41) is 10.4. The maximum absolute atomic E-state index is 12.1. The van der Waals surface area contributed by atoms with Gasteiger partial charge in [-0.2, -0.15) is 0 Å². The first-order chi connectivity index (χ1) is 13.5. The fourth-order valence-corrected chi connectivity index (χ4v) is 3.01. The zero-order valence-electron chi connectivity index (χ0n) is 16.9. The number of carbonyl (C=O) groups excluding carboxylic acids is 1. The number of nitrogens with one attached hydrogen (secondary N) is 3. The number of hydrogen-bond acceptors (Lipinski definition) is 2. The van der Waals surface area contributed by atoms with Crippen molar-refractivity contribution >= 4 is 59.0 Å². The van der Waals surface area contributed by atoms with Gasteiger partial charge in [0.05, 0.1) is 18.1 Å². The molecule has 2 rings (SSSR count). The topological polar surface area (TPSA) is 70.4 Å². The van der Waals surface area contributed by atoms with Gasteiger partial charge in [0.1, 0.15) is 5.15 Å². The van der Waals surface area contributed by atoms with Crippen LogP contribution in [0, 0.1) is 0 Å². The second-order valence-electron chi connectivity index (χ2n) is 6.34. The van der Waals surface area contributed by atoms with Crippen LogP contribution in [0.15, 0.2) is 35.3 Å². The van der Waals surface area contributed by atoms with Gasteiger partial charge in [-0.25, -0.2) is 4.99 Å². The van der Waals surface area contributed by atoms with Crippen molar-refractivity contribution in [3.8, 4) is 0 Å². The van der Waals surface area contributed by atoms with Gasteiger partial charge in [0.2, 0.25) is 0 Å². The molecule has 0 spiro atoms. The van der Waals surface area contributed by atoms with Crippen LogP contribution in [-0.2, 0) is 20.1 Å². The molecule has 2 aromatic rings. The Morgan fingerprint density at radius 2 is 1.90 bits per heavy atom. The fourth-order valence-electron chi connectivity index (χ4n) is 2.60. The Kier molecular flexibility index (Phi) is 11.4. The zero-order valence-corrected chi connectivity index (χ0v) is 20.7. The number of amides is 1. The Morgan fingerprint density at radius 3 is 2.52 bits per heavy atom. The standard InChI is InChI=1S/C20H27Cl2N5O.HI/c1-4-9-24-19(28)15-8-6-7-14(10-15)12-25-20(23-5-2)26-13-16-11-17(21)18(22)27(16)3;/h6-8,10-11H,4-5,9,12-13H2,1-3H3,(H,24,28)(H2,23,25,26);1H. The highest BCUT2D eigenvalue weighted by Gasteiger charge is 2.09. The van der Waals surface area contributed by atoms with Gasteiger partial charge in [0, 0.05) is 31.4 Å². The predicted octanol–water partition coefficient (Wildman–Crippen LogP) is 4.35. The van der Waals surface area contributed by atoms with Crippen molar-refractivity contribution < 1.29 is 4.79 Å². The van der Waals surface area contributed by atoms with Crippen molar-refractivity contribution in [3.05, 3.63) is 57.3 Å². The summed E-state index contributed by atoms with van der Waals surface area (Å²) in [4.78, 5) is 16.7. The van der Waals surface area contributed by atoms with Gasteiger partial charge in [-0.3, -0.25) is 4.79 Å². The molecular formula is C20H28Cl2IN5O. The predicted molar refractivity (Wildman–Crippen MR) is 132 cm³/mol. The SMILES string of the molecule is CCCNC(=O)c1cccc(CN=C(NCC)NCc2cc(Cl)c(Cl)n2C)c1.I. The van der Waals surface area contributed by atoms with Crippen molar-refractivity contribution in [1.29, 1.82) is 0 Å². The van der Waals surface area contributed by atoms with Crippen LogP contribution in [0.25, 0.3) is 0 Å². The maximum atomic E-state index is 12.1. The first kappa shape index (κ1) is 25.6. The smallest absolute Gasteiger partial charge is 0.251 e. The average molecular weight is 552 g/mol. The summed E-state index contributed by atoms with van der Waals surface area (Å²) in [5.41, 5.74) is 2.56. The summed E-state index contributed by atoms with van der Waals surface area (Å²) < 4.78 is 1.83. The average Bonchev–Trinajstić information content (AvgIpc) is 2.95. The van der Waals surface area contributed by atoms with Crippen LogP contribution >= 0.6 is 47.2 Å². The molecule has 0 unspecified atom stereocenters. The molecule has 3 N–H and O–H groups in total. The number of carbonyl (C=O) groups is 1. The Morgan fingerprint density at radius 1 is 1.14 bits per heavy atom. The molecule has 1 aromatic carbocycles. The summed E-state index contributed by atoms with van der Waals surface area (Å²) in [6.07, 6.45) is 0.908. The molecule has 160 valence electrons. The molecule has 0 atom stereocenters. The minimum absolute atomic E-state index is 0. The van der Waals surface area contributed by atoms with E-state index < -0.39 is 0 Å². The number of hydrogen-bond donors (Lipinski definition) is 3. The number of halogens is 3. The van der Waals surface area contributed by atoms with Crippen molar-refractivity contribution in [2.45, 2.75) is 33.4 Å². The van der Waals surface area contributed by atoms with E-state index in [9.17, 15) is 4.79 Å². The Labute approximate surface area is 199 Å². The van der Waals surface area contributed by atoms with Crippen LogP contribution in [0.4, 0.5) is 0 Å². The zero-order chi connectivity index (χ0) is 20.5. The number of aromatic nitrogens is 1. The van der Waals surface area contributed by atoms with Crippen molar-refractivity contribution in [2.24, 2.45) is 12.0 Å². The largest absolute Gasteiger partial charge is 0.357 e.